The number of hydrogen-bond donors (Lipinski definition) is 1. The second-order valence-corrected chi connectivity index (χ2v) is 6.90. The van der Waals surface area contributed by atoms with Crippen LogP contribution in [-0.2, 0) is 17.8 Å². The lowest BCUT2D eigenvalue weighted by Gasteiger charge is -2.07. The molecule has 0 spiro atoms. The van der Waals surface area contributed by atoms with E-state index in [1.807, 2.05) is 0 Å². The smallest absolute Gasteiger partial charge is 0.225 e. The van der Waals surface area contributed by atoms with Gasteiger partial charge in [0.25, 0.3) is 0 Å². The Hall–Kier alpha value is -2.44. The van der Waals surface area contributed by atoms with Gasteiger partial charge < -0.3 is 5.32 Å². The summed E-state index contributed by atoms with van der Waals surface area (Å²) >= 11 is 12.0. The molecule has 1 amide bonds. The Morgan fingerprint density at radius 1 is 1.19 bits per heavy atom. The van der Waals surface area contributed by atoms with Gasteiger partial charge in [-0.15, -0.1) is 5.10 Å². The van der Waals surface area contributed by atoms with Crippen LogP contribution in [0.15, 0.2) is 42.5 Å². The fraction of sp³-hybridized carbons (Fsp3) is 0.211. The maximum atomic E-state index is 13.8. The first-order valence-electron chi connectivity index (χ1n) is 8.31. The van der Waals surface area contributed by atoms with E-state index in [0.717, 1.165) is 5.56 Å². The fourth-order valence-electron chi connectivity index (χ4n) is 2.58. The molecule has 3 rings (SSSR count). The molecule has 0 saturated heterocycles. The highest BCUT2D eigenvalue weighted by Crippen LogP contribution is 2.22. The van der Waals surface area contributed by atoms with Crippen molar-refractivity contribution in [3.05, 3.63) is 75.1 Å². The zero-order valence-electron chi connectivity index (χ0n) is 14.5. The van der Waals surface area contributed by atoms with E-state index in [1.165, 1.54) is 6.07 Å². The van der Waals surface area contributed by atoms with Crippen LogP contribution in [0.5, 0.6) is 0 Å². The molecule has 140 valence electrons. The number of nitrogens with one attached hydrogen (secondary N) is 1. The molecule has 1 N–H and O–H groups in total. The molecule has 0 aliphatic heterocycles. The summed E-state index contributed by atoms with van der Waals surface area (Å²) in [6.45, 7) is 2.01. The number of nitrogens with zero attached hydrogens (tertiary/aromatic N) is 3. The van der Waals surface area contributed by atoms with Crippen molar-refractivity contribution in [2.24, 2.45) is 0 Å². The van der Waals surface area contributed by atoms with Crippen molar-refractivity contribution in [2.45, 2.75) is 26.3 Å². The van der Waals surface area contributed by atoms with Gasteiger partial charge in [0.1, 0.15) is 5.82 Å². The number of hydrogen-bond acceptors (Lipinski definition) is 3. The number of aryl methyl sites for hydroxylation is 1. The molecule has 0 fully saturated rings. The van der Waals surface area contributed by atoms with Gasteiger partial charge in [-0.25, -0.2) is 9.07 Å². The summed E-state index contributed by atoms with van der Waals surface area (Å²) in [5, 5.41) is 11.8. The zero-order chi connectivity index (χ0) is 19.4. The van der Waals surface area contributed by atoms with Gasteiger partial charge in [0, 0.05) is 22.0 Å². The molecule has 1 aromatic heterocycles. The average molecular weight is 407 g/mol. The number of aromatic nitrogens is 3. The number of carbonyl (C=O) groups is 1. The van der Waals surface area contributed by atoms with E-state index >= 15 is 0 Å². The van der Waals surface area contributed by atoms with E-state index in [0.29, 0.717) is 33.5 Å². The quantitative estimate of drug-likeness (QED) is 0.647. The monoisotopic (exact) mass is 406 g/mol. The predicted molar refractivity (Wildman–Crippen MR) is 104 cm³/mol. The maximum absolute atomic E-state index is 13.8. The van der Waals surface area contributed by atoms with Gasteiger partial charge in [0.15, 0.2) is 5.82 Å². The molecule has 0 bridgehead atoms. The first-order chi connectivity index (χ1) is 12.9. The molecule has 3 aromatic rings. The summed E-state index contributed by atoms with van der Waals surface area (Å²) in [5.41, 5.74) is 1.99. The Morgan fingerprint density at radius 2 is 1.96 bits per heavy atom. The highest BCUT2D eigenvalue weighted by molar-refractivity contribution is 6.35. The summed E-state index contributed by atoms with van der Waals surface area (Å²) in [7, 11) is 0. The van der Waals surface area contributed by atoms with Crippen LogP contribution >= 0.6 is 23.2 Å². The summed E-state index contributed by atoms with van der Waals surface area (Å²) < 4.78 is 15.3. The second-order valence-electron chi connectivity index (χ2n) is 6.06. The summed E-state index contributed by atoms with van der Waals surface area (Å²) in [4.78, 5) is 12.2. The predicted octanol–water partition coefficient (Wildman–Crippen LogP) is 4.65. The van der Waals surface area contributed by atoms with Gasteiger partial charge in [-0.05, 0) is 37.1 Å². The van der Waals surface area contributed by atoms with Crippen LogP contribution in [0.1, 0.15) is 23.2 Å². The largest absolute Gasteiger partial charge is 0.308 e. The van der Waals surface area contributed by atoms with Crippen LogP contribution in [0, 0.1) is 12.7 Å². The lowest BCUT2D eigenvalue weighted by Crippen LogP contribution is -2.14. The molecular weight excluding hydrogens is 390 g/mol. The van der Waals surface area contributed by atoms with Crippen LogP contribution in [-0.4, -0.2) is 20.9 Å². The Labute approximate surface area is 166 Å². The maximum Gasteiger partial charge on any atom is 0.225 e. The third-order valence-electron chi connectivity index (χ3n) is 4.15. The molecular formula is C19H17Cl2FN4O. The van der Waals surface area contributed by atoms with Crippen molar-refractivity contribution >= 4 is 34.9 Å². The van der Waals surface area contributed by atoms with Gasteiger partial charge in [0.2, 0.25) is 5.91 Å². The lowest BCUT2D eigenvalue weighted by atomic mass is 10.1. The highest BCUT2D eigenvalue weighted by atomic mass is 35.5. The van der Waals surface area contributed by atoms with Crippen LogP contribution in [0.3, 0.4) is 0 Å². The topological polar surface area (TPSA) is 59.8 Å². The van der Waals surface area contributed by atoms with Gasteiger partial charge in [-0.1, -0.05) is 52.7 Å². The van der Waals surface area contributed by atoms with E-state index in [-0.39, 0.29) is 24.7 Å². The van der Waals surface area contributed by atoms with Crippen molar-refractivity contribution in [2.75, 3.05) is 5.32 Å². The van der Waals surface area contributed by atoms with Crippen molar-refractivity contribution in [3.63, 3.8) is 0 Å². The molecule has 0 unspecified atom stereocenters. The zero-order valence-corrected chi connectivity index (χ0v) is 16.1. The summed E-state index contributed by atoms with van der Waals surface area (Å²) in [5.74, 6) is -0.154. The van der Waals surface area contributed by atoms with Crippen molar-refractivity contribution < 1.29 is 9.18 Å². The van der Waals surface area contributed by atoms with Crippen molar-refractivity contribution in [1.82, 2.24) is 15.0 Å². The molecule has 0 atom stereocenters. The number of carbonyl (C=O) groups excluding carboxylic acids is 1. The minimum atomic E-state index is -0.308. The number of rotatable bonds is 6. The van der Waals surface area contributed by atoms with Crippen molar-refractivity contribution in [1.29, 1.82) is 0 Å². The molecule has 0 aliphatic carbocycles. The Morgan fingerprint density at radius 3 is 2.70 bits per heavy atom. The molecule has 27 heavy (non-hydrogen) atoms. The Balaban J connectivity index is 1.61. The van der Waals surface area contributed by atoms with Gasteiger partial charge >= 0.3 is 0 Å². The lowest BCUT2D eigenvalue weighted by molar-refractivity contribution is -0.116. The SMILES string of the molecule is Cc1c(NC(=O)CCc2ccc(Cl)cc2Cl)nnn1Cc1ccccc1F. The standard InChI is InChI=1S/C19H17Cl2FN4O/c1-12-19(24-25-26(12)11-14-4-2-3-5-17(14)22)23-18(27)9-7-13-6-8-15(20)10-16(13)21/h2-6,8,10H,7,9,11H2,1H3,(H,23,27). The molecule has 2 aromatic carbocycles. The molecule has 0 saturated carbocycles. The number of halogens is 3. The second kappa shape index (κ2) is 8.50. The van der Waals surface area contributed by atoms with Gasteiger partial charge in [-0.3, -0.25) is 4.79 Å². The first kappa shape index (κ1) is 19.3. The Kier molecular flexibility index (Phi) is 6.08. The van der Waals surface area contributed by atoms with E-state index < -0.39 is 0 Å². The van der Waals surface area contributed by atoms with E-state index in [9.17, 15) is 9.18 Å². The molecule has 1 heterocycles. The summed E-state index contributed by atoms with van der Waals surface area (Å²) in [6, 6.07) is 11.7. The van der Waals surface area contributed by atoms with E-state index in [2.05, 4.69) is 15.6 Å². The van der Waals surface area contributed by atoms with Gasteiger partial charge in [-0.2, -0.15) is 0 Å². The van der Waals surface area contributed by atoms with Crippen LogP contribution in [0.4, 0.5) is 10.2 Å². The van der Waals surface area contributed by atoms with Crippen molar-refractivity contribution in [3.8, 4) is 0 Å². The van der Waals surface area contributed by atoms with E-state index in [1.54, 1.807) is 48.0 Å². The molecule has 8 heteroatoms. The average Bonchev–Trinajstić information content (AvgIpc) is 2.96. The molecule has 0 aliphatic rings. The number of anilines is 1. The van der Waals surface area contributed by atoms with Gasteiger partial charge in [0.05, 0.1) is 12.2 Å². The number of benzene rings is 2. The summed E-state index contributed by atoms with van der Waals surface area (Å²) in [6.07, 6.45) is 0.714. The molecule has 5 nitrogen and oxygen atoms in total. The Bertz CT molecular complexity index is 974. The minimum Gasteiger partial charge on any atom is -0.308 e. The van der Waals surface area contributed by atoms with Crippen LogP contribution < -0.4 is 5.32 Å². The molecule has 0 radical (unpaired) electrons. The number of amides is 1. The van der Waals surface area contributed by atoms with Crippen LogP contribution in [0.25, 0.3) is 0 Å². The first-order valence-corrected chi connectivity index (χ1v) is 9.07. The van der Waals surface area contributed by atoms with E-state index in [4.69, 9.17) is 23.2 Å². The third kappa shape index (κ3) is 4.84. The third-order valence-corrected chi connectivity index (χ3v) is 4.74. The fourth-order valence-corrected chi connectivity index (χ4v) is 3.08. The highest BCUT2D eigenvalue weighted by Gasteiger charge is 2.14. The minimum absolute atomic E-state index is 0.206. The normalized spacial score (nSPS) is 10.8. The van der Waals surface area contributed by atoms with Crippen LogP contribution in [0.2, 0.25) is 10.0 Å².